The Morgan fingerprint density at radius 2 is 1.36 bits per heavy atom. The van der Waals surface area contributed by atoms with Crippen molar-refractivity contribution >= 4 is 82.4 Å². The maximum absolute atomic E-state index is 14.0. The van der Waals surface area contributed by atoms with E-state index in [4.69, 9.17) is 14.8 Å². The molecule has 50 heavy (non-hydrogen) atoms. The van der Waals surface area contributed by atoms with Gasteiger partial charge in [0.15, 0.2) is 0 Å². The summed E-state index contributed by atoms with van der Waals surface area (Å²) in [6, 6.07) is 10.5. The topological polar surface area (TPSA) is 337 Å². The summed E-state index contributed by atoms with van der Waals surface area (Å²) in [5.74, 6) is -1.45. The SMILES string of the molecule is NC([O-])=Nc1cc(Nc2nc(F)nc(NCCS(=O)(=O)O)n2)ccc1N=Nc1ccc(N=Nc2ccc(S(=O)(=O)O)cc2)cc1S(=O)(=O)O.[Na+]. The van der Waals surface area contributed by atoms with Crippen molar-refractivity contribution in [2.75, 3.05) is 22.9 Å². The van der Waals surface area contributed by atoms with E-state index < -0.39 is 53.1 Å². The standard InChI is InChI=1S/C24H22FN11O10S3.Na/c25-21-30-23(27-9-10-47(38,39)40)32-24(31-21)28-14-3-7-17(19(11-14)29-22(26)37)35-36-18-8-4-15(12-20(18)49(44,45)46)34-33-13-1-5-16(6-2-13)48(41,42)43;/h1-8,11-12H,9-10H2,(H3,26,29,37)(H,38,39,40)(H,41,42,43)(H,44,45,46)(H2,27,28,30,31,32);/q;+1/p-1. The molecule has 7 N–H and O–H groups in total. The predicted molar refractivity (Wildman–Crippen MR) is 167 cm³/mol. The van der Waals surface area contributed by atoms with E-state index in [0.717, 1.165) is 24.3 Å². The second kappa shape index (κ2) is 16.4. The maximum atomic E-state index is 14.0. The maximum Gasteiger partial charge on any atom is 1.00 e. The molecule has 0 bridgehead atoms. The number of halogens is 1. The number of amidine groups is 1. The van der Waals surface area contributed by atoms with Crippen molar-refractivity contribution in [1.82, 2.24) is 15.0 Å². The second-order valence-corrected chi connectivity index (χ2v) is 13.6. The second-order valence-electron chi connectivity index (χ2n) is 9.24. The summed E-state index contributed by atoms with van der Waals surface area (Å²) < 4.78 is 110. The fourth-order valence-electron chi connectivity index (χ4n) is 3.56. The van der Waals surface area contributed by atoms with E-state index in [1.165, 1.54) is 36.4 Å². The number of nitrogens with zero attached hydrogens (tertiary/aromatic N) is 8. The van der Waals surface area contributed by atoms with Crippen LogP contribution >= 0.6 is 0 Å². The molecular formula is C24H21FN11NaO10S3. The van der Waals surface area contributed by atoms with Crippen molar-refractivity contribution in [3.63, 3.8) is 0 Å². The summed E-state index contributed by atoms with van der Waals surface area (Å²) in [5, 5.41) is 32.0. The van der Waals surface area contributed by atoms with Gasteiger partial charge in [0.25, 0.3) is 30.4 Å². The minimum atomic E-state index is -4.91. The molecule has 0 aliphatic heterocycles. The largest absolute Gasteiger partial charge is 1.00 e. The van der Waals surface area contributed by atoms with Crippen LogP contribution in [0.5, 0.6) is 0 Å². The zero-order valence-electron chi connectivity index (χ0n) is 25.1. The Morgan fingerprint density at radius 1 is 0.760 bits per heavy atom. The first-order valence-corrected chi connectivity index (χ1v) is 17.4. The van der Waals surface area contributed by atoms with Crippen LogP contribution in [-0.4, -0.2) is 72.2 Å². The Bertz CT molecular complexity index is 2310. The van der Waals surface area contributed by atoms with Gasteiger partial charge in [0.2, 0.25) is 11.9 Å². The number of azo groups is 2. The van der Waals surface area contributed by atoms with Gasteiger partial charge in [-0.3, -0.25) is 13.7 Å². The van der Waals surface area contributed by atoms with Crippen LogP contribution in [0.15, 0.2) is 95.9 Å². The number of aliphatic imine (C=N–C) groups is 1. The van der Waals surface area contributed by atoms with Crippen molar-refractivity contribution < 1.29 is 78.0 Å². The molecule has 3 aromatic carbocycles. The molecule has 26 heteroatoms. The van der Waals surface area contributed by atoms with Crippen LogP contribution in [0, 0.1) is 6.08 Å². The molecule has 0 fully saturated rings. The first-order valence-electron chi connectivity index (χ1n) is 12.9. The number of hydrogen-bond donors (Lipinski definition) is 6. The molecule has 0 unspecified atom stereocenters. The number of benzene rings is 3. The minimum absolute atomic E-state index is 0. The van der Waals surface area contributed by atoms with Crippen molar-refractivity contribution in [2.24, 2.45) is 31.2 Å². The van der Waals surface area contributed by atoms with E-state index in [1.807, 2.05) is 0 Å². The summed E-state index contributed by atoms with van der Waals surface area (Å²) in [7, 11) is -13.7. The summed E-state index contributed by atoms with van der Waals surface area (Å²) in [6.07, 6.45) is -1.25. The molecule has 0 amide bonds. The van der Waals surface area contributed by atoms with Crippen LogP contribution < -0.4 is 51.0 Å². The number of nitrogens with two attached hydrogens (primary N) is 1. The first-order chi connectivity index (χ1) is 22.9. The molecule has 0 atom stereocenters. The van der Waals surface area contributed by atoms with Gasteiger partial charge < -0.3 is 21.5 Å². The Hall–Kier alpha value is -4.60. The molecular weight excluding hydrogens is 741 g/mol. The van der Waals surface area contributed by atoms with E-state index in [1.54, 1.807) is 0 Å². The van der Waals surface area contributed by atoms with Crippen LogP contribution in [0.4, 0.5) is 50.4 Å². The number of rotatable bonds is 13. The van der Waals surface area contributed by atoms with E-state index in [-0.39, 0.29) is 87.0 Å². The summed E-state index contributed by atoms with van der Waals surface area (Å²) >= 11 is 0. The van der Waals surface area contributed by atoms with Gasteiger partial charge in [-0.25, -0.2) is 4.99 Å². The molecule has 4 rings (SSSR count). The Kier molecular flexibility index (Phi) is 13.1. The van der Waals surface area contributed by atoms with Crippen LogP contribution in [-0.2, 0) is 30.4 Å². The smallest absolute Gasteiger partial charge is 0.846 e. The Labute approximate surface area is 304 Å². The third-order valence-electron chi connectivity index (χ3n) is 5.62. The fraction of sp³-hybridized carbons (Fsp3) is 0.0833. The van der Waals surface area contributed by atoms with Crippen LogP contribution in [0.1, 0.15) is 0 Å². The zero-order valence-corrected chi connectivity index (χ0v) is 29.6. The van der Waals surface area contributed by atoms with Gasteiger partial charge in [0, 0.05) is 12.2 Å². The summed E-state index contributed by atoms with van der Waals surface area (Å²) in [5.41, 5.74) is 4.66. The van der Waals surface area contributed by atoms with Crippen molar-refractivity contribution in [2.45, 2.75) is 9.79 Å². The number of nitrogens with one attached hydrogen (secondary N) is 2. The van der Waals surface area contributed by atoms with Crippen molar-refractivity contribution in [1.29, 1.82) is 0 Å². The van der Waals surface area contributed by atoms with Crippen molar-refractivity contribution in [3.05, 3.63) is 66.7 Å². The molecule has 1 heterocycles. The van der Waals surface area contributed by atoms with Gasteiger partial charge in [0.05, 0.1) is 33.7 Å². The van der Waals surface area contributed by atoms with Gasteiger partial charge in [-0.2, -0.15) is 54.8 Å². The van der Waals surface area contributed by atoms with Gasteiger partial charge >= 0.3 is 35.6 Å². The average molecular weight is 762 g/mol. The van der Waals surface area contributed by atoms with Gasteiger partial charge in [-0.15, -0.1) is 10.2 Å². The van der Waals surface area contributed by atoms with Gasteiger partial charge in [-0.05, 0) is 60.7 Å². The predicted octanol–water partition coefficient (Wildman–Crippen LogP) is -0.311. The van der Waals surface area contributed by atoms with Crippen LogP contribution in [0.25, 0.3) is 0 Å². The molecule has 21 nitrogen and oxygen atoms in total. The zero-order chi connectivity index (χ0) is 36.0. The molecule has 0 aliphatic carbocycles. The van der Waals surface area contributed by atoms with E-state index in [9.17, 15) is 39.3 Å². The fourth-order valence-corrected chi connectivity index (χ4v) is 5.05. The molecule has 258 valence electrons. The Balaban J connectivity index is 0.00000676. The average Bonchev–Trinajstić information content (AvgIpc) is 2.98. The molecule has 4 aromatic rings. The third kappa shape index (κ3) is 12.1. The normalized spacial score (nSPS) is 12.6. The Morgan fingerprint density at radius 3 is 1.98 bits per heavy atom. The van der Waals surface area contributed by atoms with Gasteiger partial charge in [0.1, 0.15) is 16.3 Å². The van der Waals surface area contributed by atoms with Crippen molar-refractivity contribution in [3.8, 4) is 0 Å². The van der Waals surface area contributed by atoms with Crippen LogP contribution in [0.2, 0.25) is 0 Å². The number of aromatic nitrogens is 3. The van der Waals surface area contributed by atoms with Gasteiger partial charge in [-0.1, -0.05) is 0 Å². The minimum Gasteiger partial charge on any atom is -0.846 e. The molecule has 0 radical (unpaired) electrons. The summed E-state index contributed by atoms with van der Waals surface area (Å²) in [4.78, 5) is 13.2. The molecule has 0 aliphatic rings. The molecule has 0 saturated heterocycles. The summed E-state index contributed by atoms with van der Waals surface area (Å²) in [6.45, 7) is -0.356. The molecule has 0 spiro atoms. The van der Waals surface area contributed by atoms with E-state index >= 15 is 0 Å². The first kappa shape index (κ1) is 39.8. The van der Waals surface area contributed by atoms with E-state index in [0.29, 0.717) is 0 Å². The van der Waals surface area contributed by atoms with Crippen LogP contribution in [0.3, 0.4) is 0 Å². The van der Waals surface area contributed by atoms with E-state index in [2.05, 4.69) is 51.0 Å². The molecule has 1 aromatic heterocycles. The monoisotopic (exact) mass is 761 g/mol. The number of anilines is 3. The number of hydrogen-bond acceptors (Lipinski definition) is 17. The quantitative estimate of drug-likeness (QED) is 0.0334. The third-order valence-corrected chi connectivity index (χ3v) is 8.09. The molecule has 0 saturated carbocycles.